The van der Waals surface area contributed by atoms with E-state index in [1.165, 1.54) is 0 Å². The van der Waals surface area contributed by atoms with Crippen LogP contribution in [0.2, 0.25) is 0 Å². The summed E-state index contributed by atoms with van der Waals surface area (Å²) >= 11 is 5.83. The molecule has 0 aromatic heterocycles. The number of halogens is 1. The number of hydrogen-bond donors (Lipinski definition) is 0. The summed E-state index contributed by atoms with van der Waals surface area (Å²) in [6.45, 7) is 2.11. The van der Waals surface area contributed by atoms with Gasteiger partial charge in [0.05, 0.1) is 12.5 Å². The molecule has 0 N–H and O–H groups in total. The average Bonchev–Trinajstić information content (AvgIpc) is 2.62. The molecule has 2 rings (SSSR count). The highest BCUT2D eigenvalue weighted by molar-refractivity contribution is 6.64. The fraction of sp³-hybridized carbons (Fsp3) is 0.333. The zero-order chi connectivity index (χ0) is 18.1. The lowest BCUT2D eigenvalue weighted by molar-refractivity contribution is -0.148. The Balaban J connectivity index is 2.13. The van der Waals surface area contributed by atoms with E-state index in [2.05, 4.69) is 0 Å². The lowest BCUT2D eigenvalue weighted by Gasteiger charge is -2.20. The van der Waals surface area contributed by atoms with Crippen LogP contribution in [0.25, 0.3) is 0 Å². The average molecular weight is 359 g/mol. The Morgan fingerprint density at radius 3 is 1.80 bits per heavy atom. The second kappa shape index (κ2) is 10.00. The minimum absolute atomic E-state index is 0.276. The van der Waals surface area contributed by atoms with Gasteiger partial charge in [0, 0.05) is 5.92 Å². The van der Waals surface area contributed by atoms with Crippen molar-refractivity contribution in [2.75, 3.05) is 6.61 Å². The van der Waals surface area contributed by atoms with Crippen LogP contribution in [0, 0.1) is 11.8 Å². The molecule has 0 aliphatic rings. The summed E-state index contributed by atoms with van der Waals surface area (Å²) in [4.78, 5) is 24.3. The van der Waals surface area contributed by atoms with Crippen molar-refractivity contribution in [2.45, 2.75) is 26.2 Å². The monoisotopic (exact) mass is 358 g/mol. The van der Waals surface area contributed by atoms with E-state index in [1.54, 1.807) is 6.92 Å². The third-order valence-corrected chi connectivity index (χ3v) is 4.47. The number of esters is 1. The van der Waals surface area contributed by atoms with Crippen molar-refractivity contribution >= 4 is 22.8 Å². The maximum Gasteiger partial charge on any atom is 0.309 e. The van der Waals surface area contributed by atoms with Gasteiger partial charge in [0.15, 0.2) is 0 Å². The third kappa shape index (κ3) is 6.35. The molecule has 4 heteroatoms. The Labute approximate surface area is 154 Å². The van der Waals surface area contributed by atoms with E-state index in [-0.39, 0.29) is 5.97 Å². The van der Waals surface area contributed by atoms with Gasteiger partial charge in [-0.3, -0.25) is 9.59 Å². The molecule has 0 spiro atoms. The Hall–Kier alpha value is -2.13. The van der Waals surface area contributed by atoms with Gasteiger partial charge in [-0.05, 0) is 48.9 Å². The molecule has 0 radical (unpaired) electrons. The zero-order valence-electron chi connectivity index (χ0n) is 14.4. The van der Waals surface area contributed by atoms with Gasteiger partial charge in [-0.25, -0.2) is 0 Å². The molecule has 0 bridgehead atoms. The second-order valence-electron chi connectivity index (χ2n) is 6.07. The summed E-state index contributed by atoms with van der Waals surface area (Å²) in [5, 5.41) is -0.411. The van der Waals surface area contributed by atoms with Gasteiger partial charge in [-0.15, -0.1) is 0 Å². The van der Waals surface area contributed by atoms with Crippen molar-refractivity contribution in [3.8, 4) is 0 Å². The predicted octanol–water partition coefficient (Wildman–Crippen LogP) is 4.42. The van der Waals surface area contributed by atoms with Crippen molar-refractivity contribution in [3.63, 3.8) is 0 Å². The number of benzene rings is 2. The minimum Gasteiger partial charge on any atom is -0.466 e. The van der Waals surface area contributed by atoms with Gasteiger partial charge in [-0.2, -0.15) is 0 Å². The molecule has 0 aliphatic heterocycles. The number of carbonyl (C=O) groups excluding carboxylic acids is 2. The van der Waals surface area contributed by atoms with Crippen LogP contribution in [0.5, 0.6) is 0 Å². The van der Waals surface area contributed by atoms with Crippen molar-refractivity contribution in [3.05, 3.63) is 71.8 Å². The van der Waals surface area contributed by atoms with E-state index >= 15 is 0 Å². The topological polar surface area (TPSA) is 43.4 Å². The van der Waals surface area contributed by atoms with E-state index in [0.29, 0.717) is 25.9 Å². The zero-order valence-corrected chi connectivity index (χ0v) is 15.1. The normalized spacial score (nSPS) is 13.0. The maximum atomic E-state index is 12.4. The van der Waals surface area contributed by atoms with Crippen molar-refractivity contribution < 1.29 is 14.3 Å². The molecule has 0 saturated heterocycles. The Morgan fingerprint density at radius 1 is 0.880 bits per heavy atom. The summed E-state index contributed by atoms with van der Waals surface area (Å²) in [5.41, 5.74) is 2.07. The van der Waals surface area contributed by atoms with Crippen LogP contribution in [-0.2, 0) is 27.2 Å². The van der Waals surface area contributed by atoms with E-state index < -0.39 is 17.1 Å². The Kier molecular flexibility index (Phi) is 7.68. The molecule has 2 aromatic rings. The van der Waals surface area contributed by atoms with E-state index in [0.717, 1.165) is 11.1 Å². The lowest BCUT2D eigenvalue weighted by atomic mass is 9.86. The first-order chi connectivity index (χ1) is 12.1. The smallest absolute Gasteiger partial charge is 0.309 e. The molecule has 0 amide bonds. The number of hydrogen-bond acceptors (Lipinski definition) is 3. The molecule has 2 unspecified atom stereocenters. The molecular formula is C21H23ClO3. The highest BCUT2D eigenvalue weighted by atomic mass is 35.5. The summed E-state index contributed by atoms with van der Waals surface area (Å²) in [5.74, 6) is -1.08. The van der Waals surface area contributed by atoms with Crippen LogP contribution in [0.1, 0.15) is 24.5 Å². The summed E-state index contributed by atoms with van der Waals surface area (Å²) in [7, 11) is 0. The van der Waals surface area contributed by atoms with Crippen molar-refractivity contribution in [1.82, 2.24) is 0 Å². The van der Waals surface area contributed by atoms with Gasteiger partial charge in [0.25, 0.3) is 0 Å². The molecule has 2 aromatic carbocycles. The molecule has 0 aliphatic carbocycles. The van der Waals surface area contributed by atoms with Gasteiger partial charge in [0.1, 0.15) is 0 Å². The van der Waals surface area contributed by atoms with Crippen LogP contribution in [0.15, 0.2) is 60.7 Å². The first kappa shape index (κ1) is 19.2. The van der Waals surface area contributed by atoms with E-state index in [4.69, 9.17) is 16.3 Å². The number of rotatable bonds is 9. The number of ether oxygens (including phenoxy) is 1. The molecule has 2 atom stereocenters. The van der Waals surface area contributed by atoms with Crippen molar-refractivity contribution in [2.24, 2.45) is 11.8 Å². The SMILES string of the molecule is CCOC(=O)C(Cc1ccccc1)CC(Cc1ccccc1)C(=O)Cl. The standard InChI is InChI=1S/C21H23ClO3/c1-2-25-21(24)19(14-17-11-7-4-8-12-17)15-18(20(22)23)13-16-9-5-3-6-10-16/h3-12,18-19H,2,13-15H2,1H3. The molecule has 132 valence electrons. The fourth-order valence-corrected chi connectivity index (χ4v) is 3.09. The lowest BCUT2D eigenvalue weighted by Crippen LogP contribution is -2.26. The maximum absolute atomic E-state index is 12.4. The Bertz CT molecular complexity index is 670. The summed E-state index contributed by atoms with van der Waals surface area (Å²) in [6, 6.07) is 19.5. The van der Waals surface area contributed by atoms with Crippen LogP contribution >= 0.6 is 11.6 Å². The molecule has 0 saturated carbocycles. The minimum atomic E-state index is -0.415. The quantitative estimate of drug-likeness (QED) is 0.492. The van der Waals surface area contributed by atoms with Gasteiger partial charge in [-0.1, -0.05) is 60.7 Å². The summed E-state index contributed by atoms with van der Waals surface area (Å²) < 4.78 is 5.21. The van der Waals surface area contributed by atoms with Crippen LogP contribution in [0.3, 0.4) is 0 Å². The first-order valence-corrected chi connectivity index (χ1v) is 8.91. The van der Waals surface area contributed by atoms with Gasteiger partial charge >= 0.3 is 5.97 Å². The molecular weight excluding hydrogens is 336 g/mol. The molecule has 25 heavy (non-hydrogen) atoms. The highest BCUT2D eigenvalue weighted by Gasteiger charge is 2.28. The molecule has 3 nitrogen and oxygen atoms in total. The number of carbonyl (C=O) groups is 2. The summed E-state index contributed by atoms with van der Waals surface area (Å²) in [6.07, 6.45) is 1.44. The van der Waals surface area contributed by atoms with Crippen molar-refractivity contribution in [1.29, 1.82) is 0 Å². The molecule has 0 heterocycles. The highest BCUT2D eigenvalue weighted by Crippen LogP contribution is 2.24. The van der Waals surface area contributed by atoms with Crippen LogP contribution in [-0.4, -0.2) is 17.8 Å². The Morgan fingerprint density at radius 2 is 1.36 bits per heavy atom. The van der Waals surface area contributed by atoms with Gasteiger partial charge in [0.2, 0.25) is 5.24 Å². The van der Waals surface area contributed by atoms with Crippen LogP contribution < -0.4 is 0 Å². The molecule has 0 fully saturated rings. The third-order valence-electron chi connectivity index (χ3n) is 4.16. The second-order valence-corrected chi connectivity index (χ2v) is 6.44. The largest absolute Gasteiger partial charge is 0.466 e. The van der Waals surface area contributed by atoms with Crippen LogP contribution in [0.4, 0.5) is 0 Å². The first-order valence-electron chi connectivity index (χ1n) is 8.54. The fourth-order valence-electron chi connectivity index (χ4n) is 2.92. The van der Waals surface area contributed by atoms with E-state index in [9.17, 15) is 9.59 Å². The van der Waals surface area contributed by atoms with E-state index in [1.807, 2.05) is 60.7 Å². The van der Waals surface area contributed by atoms with Gasteiger partial charge < -0.3 is 4.74 Å². The predicted molar refractivity (Wildman–Crippen MR) is 99.4 cm³/mol.